The molecule has 0 aliphatic carbocycles. The first-order chi connectivity index (χ1) is 11.3. The number of nitrogens with zero attached hydrogens (tertiary/aromatic N) is 3. The van der Waals surface area contributed by atoms with Gasteiger partial charge in [0.1, 0.15) is 5.71 Å². The quantitative estimate of drug-likeness (QED) is 0.452. The predicted molar refractivity (Wildman–Crippen MR) is 86.0 cm³/mol. The lowest BCUT2D eigenvalue weighted by Crippen LogP contribution is -2.58. The lowest BCUT2D eigenvalue weighted by Gasteiger charge is -2.18. The molecule has 2 atom stereocenters. The van der Waals surface area contributed by atoms with Gasteiger partial charge in [0, 0.05) is 24.4 Å². The van der Waals surface area contributed by atoms with Crippen molar-refractivity contribution in [3.8, 4) is 0 Å². The summed E-state index contributed by atoms with van der Waals surface area (Å²) in [4.78, 5) is 23.2. The van der Waals surface area contributed by atoms with Gasteiger partial charge in [-0.05, 0) is 24.2 Å². The van der Waals surface area contributed by atoms with Gasteiger partial charge in [-0.25, -0.2) is 22.3 Å². The number of benzene rings is 1. The number of hydroxylamine groups is 2. The van der Waals surface area contributed by atoms with Gasteiger partial charge in [0.15, 0.2) is 5.54 Å². The van der Waals surface area contributed by atoms with Crippen LogP contribution in [-0.4, -0.2) is 71.6 Å². The standard InChI is InChI=1S/C14H18N4O6S/c1-14(15)12(16-18(22,13(14)21)8-11(19)20)9-4-6-10(7-5-9)25(23,24)17(2)3/h4-7,22H,8,15H2,1-3H3/p+1. The van der Waals surface area contributed by atoms with E-state index in [1.165, 1.54) is 45.3 Å². The lowest BCUT2D eigenvalue weighted by atomic mass is 9.91. The number of carbonyl (C=O) groups excluding carboxylic acids is 1. The van der Waals surface area contributed by atoms with Crippen molar-refractivity contribution >= 4 is 27.6 Å². The summed E-state index contributed by atoms with van der Waals surface area (Å²) in [5, 5.41) is 22.8. The largest absolute Gasteiger partial charge is 0.477 e. The highest BCUT2D eigenvalue weighted by atomic mass is 32.2. The molecule has 1 aromatic rings. The Morgan fingerprint density at radius 1 is 1.32 bits per heavy atom. The Balaban J connectivity index is 2.49. The van der Waals surface area contributed by atoms with Crippen molar-refractivity contribution in [3.63, 3.8) is 0 Å². The molecule has 1 aliphatic rings. The van der Waals surface area contributed by atoms with Crippen LogP contribution in [0.2, 0.25) is 0 Å². The molecular formula is C14H19N4O6S+. The number of carboxylic acid groups (broad SMARTS) is 1. The number of carbonyl (C=O) groups is 2. The third-order valence-corrected chi connectivity index (χ3v) is 5.62. The Hall–Kier alpha value is -2.18. The summed E-state index contributed by atoms with van der Waals surface area (Å²) in [6.07, 6.45) is 0. The molecule has 0 saturated heterocycles. The number of rotatable bonds is 5. The molecule has 4 N–H and O–H groups in total. The Morgan fingerprint density at radius 2 is 1.84 bits per heavy atom. The van der Waals surface area contributed by atoms with Crippen LogP contribution >= 0.6 is 0 Å². The van der Waals surface area contributed by atoms with E-state index in [1.807, 2.05) is 0 Å². The van der Waals surface area contributed by atoms with Crippen LogP contribution in [0.3, 0.4) is 0 Å². The topological polar surface area (TPSA) is 150 Å². The summed E-state index contributed by atoms with van der Waals surface area (Å²) in [7, 11) is -0.847. The zero-order chi connectivity index (χ0) is 19.2. The van der Waals surface area contributed by atoms with E-state index in [0.29, 0.717) is 5.56 Å². The van der Waals surface area contributed by atoms with E-state index in [2.05, 4.69) is 5.10 Å². The average molecular weight is 371 g/mol. The number of sulfonamides is 1. The molecule has 0 fully saturated rings. The van der Waals surface area contributed by atoms with E-state index in [9.17, 15) is 23.2 Å². The Labute approximate surface area is 144 Å². The monoisotopic (exact) mass is 371 g/mol. The van der Waals surface area contributed by atoms with Gasteiger partial charge < -0.3 is 10.8 Å². The zero-order valence-electron chi connectivity index (χ0n) is 13.9. The normalized spacial score (nSPS) is 26.8. The summed E-state index contributed by atoms with van der Waals surface area (Å²) in [6.45, 7) is 0.332. The van der Waals surface area contributed by atoms with Gasteiger partial charge in [-0.15, -0.1) is 0 Å². The summed E-state index contributed by atoms with van der Waals surface area (Å²) >= 11 is 0. The van der Waals surface area contributed by atoms with Gasteiger partial charge in [-0.3, -0.25) is 0 Å². The lowest BCUT2D eigenvalue weighted by molar-refractivity contribution is -1.04. The third kappa shape index (κ3) is 3.19. The second-order valence-corrected chi connectivity index (χ2v) is 8.20. The van der Waals surface area contributed by atoms with Gasteiger partial charge in [-0.2, -0.15) is 5.21 Å². The van der Waals surface area contributed by atoms with Crippen molar-refractivity contribution in [1.82, 2.24) is 4.31 Å². The summed E-state index contributed by atoms with van der Waals surface area (Å²) in [6, 6.07) is 5.42. The van der Waals surface area contributed by atoms with Crippen molar-refractivity contribution in [2.24, 2.45) is 10.8 Å². The van der Waals surface area contributed by atoms with Crippen molar-refractivity contribution in [1.29, 1.82) is 0 Å². The number of hydrogen-bond acceptors (Lipinski definition) is 7. The molecular weight excluding hydrogens is 352 g/mol. The molecule has 2 unspecified atom stereocenters. The van der Waals surface area contributed by atoms with E-state index >= 15 is 0 Å². The van der Waals surface area contributed by atoms with E-state index < -0.39 is 38.7 Å². The molecule has 10 nitrogen and oxygen atoms in total. The molecule has 1 aliphatic heterocycles. The number of quaternary nitrogens is 1. The molecule has 136 valence electrons. The number of amides is 1. The Kier molecular flexibility index (Phi) is 4.57. The highest BCUT2D eigenvalue weighted by Gasteiger charge is 2.59. The predicted octanol–water partition coefficient (Wildman–Crippen LogP) is -0.811. The highest BCUT2D eigenvalue weighted by Crippen LogP contribution is 2.28. The fourth-order valence-electron chi connectivity index (χ4n) is 2.44. The molecule has 11 heteroatoms. The zero-order valence-corrected chi connectivity index (χ0v) is 14.7. The maximum absolute atomic E-state index is 12.3. The van der Waals surface area contributed by atoms with E-state index in [-0.39, 0.29) is 10.6 Å². The van der Waals surface area contributed by atoms with Crippen LogP contribution < -0.4 is 5.73 Å². The number of aliphatic carboxylic acids is 1. The fourth-order valence-corrected chi connectivity index (χ4v) is 3.34. The first-order valence-electron chi connectivity index (χ1n) is 7.12. The molecule has 0 radical (unpaired) electrons. The smallest absolute Gasteiger partial charge is 0.399 e. The van der Waals surface area contributed by atoms with Gasteiger partial charge in [0.25, 0.3) is 0 Å². The van der Waals surface area contributed by atoms with E-state index in [4.69, 9.17) is 10.8 Å². The number of nitrogens with two attached hydrogens (primary N) is 1. The molecule has 0 saturated carbocycles. The molecule has 0 bridgehead atoms. The number of carboxylic acids is 1. The van der Waals surface area contributed by atoms with Crippen molar-refractivity contribution < 1.29 is 33.1 Å². The molecule has 0 spiro atoms. The minimum Gasteiger partial charge on any atom is -0.477 e. The van der Waals surface area contributed by atoms with E-state index in [1.54, 1.807) is 0 Å². The van der Waals surface area contributed by atoms with Crippen LogP contribution in [-0.2, 0) is 19.6 Å². The first-order valence-corrected chi connectivity index (χ1v) is 8.56. The van der Waals surface area contributed by atoms with Crippen LogP contribution in [0, 0.1) is 0 Å². The summed E-state index contributed by atoms with van der Waals surface area (Å²) in [5.41, 5.74) is 4.48. The molecule has 1 aromatic carbocycles. The molecule has 25 heavy (non-hydrogen) atoms. The highest BCUT2D eigenvalue weighted by molar-refractivity contribution is 7.89. The van der Waals surface area contributed by atoms with Gasteiger partial charge in [0.2, 0.25) is 16.6 Å². The SMILES string of the molecule is CN(C)S(=O)(=O)c1ccc(C2=N[N+](O)(CC(=O)O)C(=O)C2(C)N)cc1. The summed E-state index contributed by atoms with van der Waals surface area (Å²) < 4.78 is 23.5. The van der Waals surface area contributed by atoms with Crippen LogP contribution in [0.1, 0.15) is 12.5 Å². The van der Waals surface area contributed by atoms with E-state index in [0.717, 1.165) is 4.31 Å². The van der Waals surface area contributed by atoms with Crippen molar-refractivity contribution in [3.05, 3.63) is 29.8 Å². The molecule has 1 heterocycles. The molecule has 2 rings (SSSR count). The minimum absolute atomic E-state index is 0.0279. The van der Waals surface area contributed by atoms with Crippen LogP contribution in [0.15, 0.2) is 34.3 Å². The first kappa shape index (κ1) is 19.1. The van der Waals surface area contributed by atoms with Gasteiger partial charge in [-0.1, -0.05) is 12.1 Å². The Bertz CT molecular complexity index is 860. The van der Waals surface area contributed by atoms with Crippen LogP contribution in [0.5, 0.6) is 0 Å². The number of hydrogen-bond donors (Lipinski definition) is 3. The van der Waals surface area contributed by atoms with Gasteiger partial charge in [0.05, 0.1) is 4.90 Å². The van der Waals surface area contributed by atoms with Crippen molar-refractivity contribution in [2.45, 2.75) is 17.4 Å². The second kappa shape index (κ2) is 5.97. The Morgan fingerprint density at radius 3 is 2.28 bits per heavy atom. The van der Waals surface area contributed by atoms with Crippen LogP contribution in [0.4, 0.5) is 0 Å². The fraction of sp³-hybridized carbons (Fsp3) is 0.357. The third-order valence-electron chi connectivity index (χ3n) is 3.79. The second-order valence-electron chi connectivity index (χ2n) is 6.05. The van der Waals surface area contributed by atoms with Crippen molar-refractivity contribution in [2.75, 3.05) is 20.6 Å². The average Bonchev–Trinajstić information content (AvgIpc) is 2.67. The molecule has 0 aromatic heterocycles. The molecule has 1 amide bonds. The van der Waals surface area contributed by atoms with Crippen LogP contribution in [0.25, 0.3) is 0 Å². The minimum atomic E-state index is -3.63. The maximum atomic E-state index is 12.3. The maximum Gasteiger partial charge on any atom is 0.399 e. The summed E-state index contributed by atoms with van der Waals surface area (Å²) in [5.74, 6) is -2.42. The van der Waals surface area contributed by atoms with Gasteiger partial charge >= 0.3 is 11.9 Å².